The van der Waals surface area contributed by atoms with Crippen molar-refractivity contribution in [3.05, 3.63) is 12.0 Å². The van der Waals surface area contributed by atoms with Crippen molar-refractivity contribution in [2.75, 3.05) is 5.73 Å². The number of hydrogen-bond acceptors (Lipinski definition) is 5. The van der Waals surface area contributed by atoms with Gasteiger partial charge in [0, 0.05) is 5.41 Å². The van der Waals surface area contributed by atoms with Crippen molar-refractivity contribution >= 4 is 5.82 Å². The molecular formula is C9H11N5O. The fourth-order valence-corrected chi connectivity index (χ4v) is 1.46. The fraction of sp³-hybridized carbons (Fsp3) is 0.444. The van der Waals surface area contributed by atoms with Crippen LogP contribution in [-0.4, -0.2) is 20.3 Å². The molecule has 78 valence electrons. The van der Waals surface area contributed by atoms with Crippen LogP contribution >= 0.6 is 0 Å². The third-order valence-corrected chi connectivity index (χ3v) is 2.87. The summed E-state index contributed by atoms with van der Waals surface area (Å²) >= 11 is 0. The summed E-state index contributed by atoms with van der Waals surface area (Å²) in [5.41, 5.74) is 6.44. The second-order valence-corrected chi connectivity index (χ2v) is 4.18. The Labute approximate surface area is 85.9 Å². The van der Waals surface area contributed by atoms with E-state index in [4.69, 9.17) is 10.3 Å². The van der Waals surface area contributed by atoms with Gasteiger partial charge in [-0.15, -0.1) is 0 Å². The average Bonchev–Trinajstić information content (AvgIpc) is 2.70. The van der Waals surface area contributed by atoms with E-state index in [0.29, 0.717) is 17.3 Å². The van der Waals surface area contributed by atoms with Crippen LogP contribution in [0.25, 0.3) is 11.5 Å². The molecule has 0 aliphatic heterocycles. The number of nitrogens with zero attached hydrogens (tertiary/aromatic N) is 3. The predicted octanol–water partition coefficient (Wildman–Crippen LogP) is 1.09. The van der Waals surface area contributed by atoms with Crippen LogP contribution in [-0.2, 0) is 5.41 Å². The highest BCUT2D eigenvalue weighted by atomic mass is 16.5. The molecule has 1 saturated carbocycles. The Hall–Kier alpha value is -1.85. The Bertz CT molecular complexity index is 496. The number of nitrogen functional groups attached to an aromatic ring is 1. The SMILES string of the molecule is CC1(c2noc(-c3cn[nH]c3N)n2)CC1. The highest BCUT2D eigenvalue weighted by Crippen LogP contribution is 2.46. The van der Waals surface area contributed by atoms with E-state index in [1.54, 1.807) is 6.20 Å². The maximum atomic E-state index is 5.66. The van der Waals surface area contributed by atoms with Crippen LogP contribution in [0.5, 0.6) is 0 Å². The van der Waals surface area contributed by atoms with Crippen molar-refractivity contribution < 1.29 is 4.52 Å². The highest BCUT2D eigenvalue weighted by molar-refractivity contribution is 5.65. The molecule has 1 aliphatic rings. The topological polar surface area (TPSA) is 93.6 Å². The first-order valence-corrected chi connectivity index (χ1v) is 4.82. The number of aromatic amines is 1. The van der Waals surface area contributed by atoms with E-state index >= 15 is 0 Å². The Morgan fingerprint density at radius 1 is 1.53 bits per heavy atom. The van der Waals surface area contributed by atoms with Crippen molar-refractivity contribution in [2.45, 2.75) is 25.2 Å². The van der Waals surface area contributed by atoms with E-state index in [2.05, 4.69) is 27.3 Å². The minimum atomic E-state index is 0.111. The standard InChI is InChI=1S/C9H11N5O/c1-9(2-3-9)8-12-7(15-14-8)5-4-11-13-6(5)10/h4H,2-3H2,1H3,(H3,10,11,13). The second kappa shape index (κ2) is 2.59. The molecule has 0 atom stereocenters. The van der Waals surface area contributed by atoms with E-state index in [0.717, 1.165) is 18.7 Å². The van der Waals surface area contributed by atoms with Crippen molar-refractivity contribution in [1.29, 1.82) is 0 Å². The van der Waals surface area contributed by atoms with Crippen molar-refractivity contribution in [3.8, 4) is 11.5 Å². The van der Waals surface area contributed by atoms with E-state index < -0.39 is 0 Å². The second-order valence-electron chi connectivity index (χ2n) is 4.18. The predicted molar refractivity (Wildman–Crippen MR) is 52.9 cm³/mol. The monoisotopic (exact) mass is 205 g/mol. The molecule has 0 aromatic carbocycles. The van der Waals surface area contributed by atoms with Crippen LogP contribution in [0.1, 0.15) is 25.6 Å². The number of nitrogens with one attached hydrogen (secondary N) is 1. The van der Waals surface area contributed by atoms with Gasteiger partial charge in [0.25, 0.3) is 5.89 Å². The first kappa shape index (κ1) is 8.46. The number of hydrogen-bond donors (Lipinski definition) is 2. The summed E-state index contributed by atoms with van der Waals surface area (Å²) in [5.74, 6) is 1.65. The van der Waals surface area contributed by atoms with Gasteiger partial charge >= 0.3 is 0 Å². The van der Waals surface area contributed by atoms with Crippen molar-refractivity contribution in [2.24, 2.45) is 0 Å². The minimum absolute atomic E-state index is 0.111. The third-order valence-electron chi connectivity index (χ3n) is 2.87. The molecule has 3 N–H and O–H groups in total. The van der Waals surface area contributed by atoms with E-state index in [1.165, 1.54) is 0 Å². The molecule has 3 rings (SSSR count). The van der Waals surface area contributed by atoms with Crippen LogP contribution in [0, 0.1) is 0 Å². The Balaban J connectivity index is 2.01. The molecule has 2 aromatic rings. The highest BCUT2D eigenvalue weighted by Gasteiger charge is 2.43. The summed E-state index contributed by atoms with van der Waals surface area (Å²) in [6, 6.07) is 0. The van der Waals surface area contributed by atoms with Gasteiger partial charge in [0.1, 0.15) is 11.4 Å². The first-order valence-electron chi connectivity index (χ1n) is 4.82. The van der Waals surface area contributed by atoms with E-state index in [9.17, 15) is 0 Å². The van der Waals surface area contributed by atoms with Crippen LogP contribution in [0.4, 0.5) is 5.82 Å². The summed E-state index contributed by atoms with van der Waals surface area (Å²) in [7, 11) is 0. The van der Waals surface area contributed by atoms with Gasteiger partial charge in [-0.3, -0.25) is 5.10 Å². The fourth-order valence-electron chi connectivity index (χ4n) is 1.46. The normalized spacial score (nSPS) is 17.9. The van der Waals surface area contributed by atoms with Gasteiger partial charge in [-0.2, -0.15) is 10.1 Å². The smallest absolute Gasteiger partial charge is 0.263 e. The van der Waals surface area contributed by atoms with Crippen LogP contribution < -0.4 is 5.73 Å². The van der Waals surface area contributed by atoms with Crippen molar-refractivity contribution in [3.63, 3.8) is 0 Å². The minimum Gasteiger partial charge on any atom is -0.383 e. The zero-order chi connectivity index (χ0) is 10.5. The number of aromatic nitrogens is 4. The molecule has 1 aliphatic carbocycles. The van der Waals surface area contributed by atoms with Gasteiger partial charge in [0.2, 0.25) is 0 Å². The van der Waals surface area contributed by atoms with E-state index in [1.807, 2.05) is 0 Å². The summed E-state index contributed by atoms with van der Waals surface area (Å²) in [6.07, 6.45) is 3.82. The van der Waals surface area contributed by atoms with Gasteiger partial charge in [0.05, 0.1) is 6.20 Å². The Kier molecular flexibility index (Phi) is 1.46. The molecule has 2 heterocycles. The molecular weight excluding hydrogens is 194 g/mol. The van der Waals surface area contributed by atoms with E-state index in [-0.39, 0.29) is 5.41 Å². The number of nitrogens with two attached hydrogens (primary N) is 1. The zero-order valence-corrected chi connectivity index (χ0v) is 8.32. The summed E-state index contributed by atoms with van der Waals surface area (Å²) in [5, 5.41) is 10.4. The van der Waals surface area contributed by atoms with Crippen LogP contribution in [0.15, 0.2) is 10.7 Å². The van der Waals surface area contributed by atoms with Crippen LogP contribution in [0.3, 0.4) is 0 Å². The Morgan fingerprint density at radius 3 is 2.93 bits per heavy atom. The largest absolute Gasteiger partial charge is 0.383 e. The lowest BCUT2D eigenvalue weighted by Gasteiger charge is -1.96. The van der Waals surface area contributed by atoms with Gasteiger partial charge in [-0.1, -0.05) is 12.1 Å². The molecule has 0 amide bonds. The van der Waals surface area contributed by atoms with Crippen LogP contribution in [0.2, 0.25) is 0 Å². The maximum absolute atomic E-state index is 5.66. The zero-order valence-electron chi connectivity index (χ0n) is 8.32. The summed E-state index contributed by atoms with van der Waals surface area (Å²) in [4.78, 5) is 4.33. The summed E-state index contributed by atoms with van der Waals surface area (Å²) < 4.78 is 5.16. The number of rotatable bonds is 2. The van der Waals surface area contributed by atoms with Gasteiger partial charge in [-0.05, 0) is 12.8 Å². The molecule has 6 nitrogen and oxygen atoms in total. The molecule has 0 unspecified atom stereocenters. The number of anilines is 1. The molecule has 15 heavy (non-hydrogen) atoms. The van der Waals surface area contributed by atoms with Gasteiger partial charge in [-0.25, -0.2) is 0 Å². The van der Waals surface area contributed by atoms with Gasteiger partial charge < -0.3 is 10.3 Å². The third kappa shape index (κ3) is 1.21. The lowest BCUT2D eigenvalue weighted by molar-refractivity contribution is 0.416. The number of H-pyrrole nitrogens is 1. The maximum Gasteiger partial charge on any atom is 0.263 e. The lowest BCUT2D eigenvalue weighted by Crippen LogP contribution is -2.01. The molecule has 0 spiro atoms. The molecule has 1 fully saturated rings. The molecule has 2 aromatic heterocycles. The molecule has 0 radical (unpaired) electrons. The Morgan fingerprint density at radius 2 is 2.33 bits per heavy atom. The van der Waals surface area contributed by atoms with Gasteiger partial charge in [0.15, 0.2) is 5.82 Å². The lowest BCUT2D eigenvalue weighted by atomic mass is 10.1. The molecule has 0 bridgehead atoms. The molecule has 6 heteroatoms. The summed E-state index contributed by atoms with van der Waals surface area (Å²) in [6.45, 7) is 2.13. The van der Waals surface area contributed by atoms with Crippen molar-refractivity contribution in [1.82, 2.24) is 20.3 Å². The first-order chi connectivity index (χ1) is 7.19. The molecule has 0 saturated heterocycles. The quantitative estimate of drug-likeness (QED) is 0.765. The average molecular weight is 205 g/mol.